The van der Waals surface area contributed by atoms with Crippen LogP contribution >= 0.6 is 7.82 Å². The van der Waals surface area contributed by atoms with E-state index in [9.17, 15) is 19.0 Å². The average molecular weight is 1140 g/mol. The van der Waals surface area contributed by atoms with E-state index in [4.69, 9.17) is 13.8 Å². The van der Waals surface area contributed by atoms with Gasteiger partial charge in [-0.25, -0.2) is 0 Å². The van der Waals surface area contributed by atoms with E-state index in [1.807, 2.05) is 33.3 Å². The van der Waals surface area contributed by atoms with Gasteiger partial charge in [-0.2, -0.15) is 0 Å². The van der Waals surface area contributed by atoms with E-state index in [0.717, 1.165) is 77.0 Å². The maximum absolute atomic E-state index is 13.5. The number of amides is 1. The van der Waals surface area contributed by atoms with Crippen molar-refractivity contribution in [2.75, 3.05) is 40.9 Å². The Labute approximate surface area is 496 Å². The summed E-state index contributed by atoms with van der Waals surface area (Å²) in [4.78, 5) is 40.1. The lowest BCUT2D eigenvalue weighted by Crippen LogP contribution is -2.47. The number of unbranched alkanes of at least 4 members (excludes halogenated alkanes) is 38. The predicted molar refractivity (Wildman–Crippen MR) is 344 cm³/mol. The van der Waals surface area contributed by atoms with Crippen LogP contribution in [0.1, 0.15) is 323 Å². The first-order chi connectivity index (χ1) is 38.9. The number of carbonyl (C=O) groups excluding carboxylic acids is 2. The van der Waals surface area contributed by atoms with E-state index >= 15 is 0 Å². The fraction of sp³-hybridized carbons (Fsp3) is 0.829. The molecule has 0 aliphatic carbocycles. The van der Waals surface area contributed by atoms with Crippen molar-refractivity contribution in [3.05, 3.63) is 60.8 Å². The normalized spacial score (nSPS) is 13.9. The van der Waals surface area contributed by atoms with Crippen molar-refractivity contribution in [1.29, 1.82) is 0 Å². The van der Waals surface area contributed by atoms with Gasteiger partial charge in [0.15, 0.2) is 0 Å². The SMILES string of the molecule is CCCCC/C=C\C/C=C\C/C=C\C/C=C\CCCCCCCCCCCCCC(=O)OC(/C=C\CCCCCCCCCCCCC)C(COP(=O)([O-])OCC[N+](C)(C)C)NC(=O)CCCCCCCCCCCCCCCC. The predicted octanol–water partition coefficient (Wildman–Crippen LogP) is 20.8. The number of ether oxygens (including phenoxy) is 1. The van der Waals surface area contributed by atoms with Gasteiger partial charge in [-0.05, 0) is 76.7 Å². The monoisotopic (exact) mass is 1140 g/mol. The maximum Gasteiger partial charge on any atom is 0.306 e. The van der Waals surface area contributed by atoms with Gasteiger partial charge in [0.25, 0.3) is 7.82 Å². The molecule has 0 heterocycles. The Hall–Kier alpha value is -2.29. The molecule has 468 valence electrons. The fourth-order valence-corrected chi connectivity index (χ4v) is 10.6. The smallest absolute Gasteiger partial charge is 0.306 e. The topological polar surface area (TPSA) is 114 Å². The number of esters is 1. The first kappa shape index (κ1) is 77.7. The number of hydrogen-bond acceptors (Lipinski definition) is 7. The number of likely N-dealkylation sites (N-methyl/N-ethyl adjacent to an activating group) is 1. The number of allylic oxidation sites excluding steroid dienone is 9. The molecule has 80 heavy (non-hydrogen) atoms. The van der Waals surface area contributed by atoms with Gasteiger partial charge in [-0.1, -0.05) is 294 Å². The van der Waals surface area contributed by atoms with E-state index in [1.165, 1.54) is 212 Å². The van der Waals surface area contributed by atoms with Crippen LogP contribution in [0.5, 0.6) is 0 Å². The summed E-state index contributed by atoms with van der Waals surface area (Å²) in [5.74, 6) is -0.532. The molecule has 0 bridgehead atoms. The Morgan fingerprint density at radius 2 is 0.762 bits per heavy atom. The molecule has 1 amide bonds. The standard InChI is InChI=1S/C70H131N2O7P/c1-7-10-13-16-19-22-25-28-30-31-32-33-34-35-36-37-38-39-40-41-42-45-48-51-54-57-60-63-70(74)79-68(61-58-55-52-49-46-43-27-24-21-18-15-12-9-3)67(66-78-80(75,76)77-65-64-72(4,5)6)71-69(73)62-59-56-53-50-47-44-29-26-23-20-17-14-11-8-2/h19,22,28,30,32-33,35-36,58,61,67-68H,7-18,20-21,23-27,29,31,34,37-57,59-60,62-66H2,1-6H3,(H-,71,73,75,76)/b22-19-,30-28-,33-32-,36-35-,61-58-. The number of phosphoric ester groups is 1. The number of nitrogens with zero attached hydrogens (tertiary/aromatic N) is 1. The number of rotatable bonds is 62. The molecule has 0 fully saturated rings. The van der Waals surface area contributed by atoms with Crippen molar-refractivity contribution in [3.8, 4) is 0 Å². The van der Waals surface area contributed by atoms with E-state index < -0.39 is 20.0 Å². The summed E-state index contributed by atoms with van der Waals surface area (Å²) in [6, 6.07) is -0.888. The van der Waals surface area contributed by atoms with Crippen LogP contribution in [0.3, 0.4) is 0 Å². The molecular weight excluding hydrogens is 1010 g/mol. The van der Waals surface area contributed by atoms with Crippen molar-refractivity contribution >= 4 is 19.7 Å². The van der Waals surface area contributed by atoms with Crippen LogP contribution in [0, 0.1) is 0 Å². The summed E-state index contributed by atoms with van der Waals surface area (Å²) in [6.45, 7) is 6.85. The van der Waals surface area contributed by atoms with Crippen LogP contribution in [-0.2, 0) is 27.9 Å². The second-order valence-corrected chi connectivity index (χ2v) is 25.7. The Morgan fingerprint density at radius 1 is 0.438 bits per heavy atom. The molecule has 10 heteroatoms. The lowest BCUT2D eigenvalue weighted by molar-refractivity contribution is -0.870. The minimum Gasteiger partial charge on any atom is -0.756 e. The van der Waals surface area contributed by atoms with Crippen molar-refractivity contribution in [1.82, 2.24) is 5.32 Å². The summed E-state index contributed by atoms with van der Waals surface area (Å²) in [6.07, 6.45) is 76.2. The first-order valence-corrected chi connectivity index (χ1v) is 35.6. The molecule has 3 unspecified atom stereocenters. The van der Waals surface area contributed by atoms with Gasteiger partial charge in [-0.3, -0.25) is 14.2 Å². The Morgan fingerprint density at radius 3 is 1.16 bits per heavy atom. The van der Waals surface area contributed by atoms with Crippen LogP contribution in [0.4, 0.5) is 0 Å². The molecule has 3 atom stereocenters. The first-order valence-electron chi connectivity index (χ1n) is 34.1. The number of hydrogen-bond donors (Lipinski definition) is 1. The van der Waals surface area contributed by atoms with Crippen molar-refractivity contribution in [2.45, 2.75) is 335 Å². The molecule has 0 aromatic heterocycles. The number of quaternary nitrogens is 1. The second-order valence-electron chi connectivity index (χ2n) is 24.3. The Bertz CT molecular complexity index is 1550. The number of carbonyl (C=O) groups is 2. The van der Waals surface area contributed by atoms with Crippen molar-refractivity contribution in [2.24, 2.45) is 0 Å². The van der Waals surface area contributed by atoms with Gasteiger partial charge in [0.2, 0.25) is 5.91 Å². The van der Waals surface area contributed by atoms with Crippen LogP contribution < -0.4 is 10.2 Å². The minimum atomic E-state index is -4.70. The van der Waals surface area contributed by atoms with Crippen LogP contribution in [0.2, 0.25) is 0 Å². The molecular formula is C70H131N2O7P. The molecule has 9 nitrogen and oxygen atoms in total. The third-order valence-electron chi connectivity index (χ3n) is 15.2. The van der Waals surface area contributed by atoms with Crippen LogP contribution in [-0.4, -0.2) is 69.4 Å². The third-order valence-corrected chi connectivity index (χ3v) is 16.2. The quantitative estimate of drug-likeness (QED) is 0.0212. The molecule has 0 aromatic rings. The molecule has 0 saturated heterocycles. The summed E-state index contributed by atoms with van der Waals surface area (Å²) in [7, 11) is 1.19. The summed E-state index contributed by atoms with van der Waals surface area (Å²) in [5.41, 5.74) is 0. The van der Waals surface area contributed by atoms with E-state index in [0.29, 0.717) is 17.4 Å². The van der Waals surface area contributed by atoms with Gasteiger partial charge in [0.1, 0.15) is 19.3 Å². The number of nitrogens with one attached hydrogen (secondary N) is 1. The zero-order valence-corrected chi connectivity index (χ0v) is 54.4. The molecule has 0 saturated carbocycles. The highest BCUT2D eigenvalue weighted by atomic mass is 31.2. The lowest BCUT2D eigenvalue weighted by atomic mass is 10.0. The third kappa shape index (κ3) is 60.3. The van der Waals surface area contributed by atoms with Crippen molar-refractivity contribution in [3.63, 3.8) is 0 Å². The molecule has 0 aromatic carbocycles. The highest BCUT2D eigenvalue weighted by molar-refractivity contribution is 7.45. The molecule has 0 spiro atoms. The van der Waals surface area contributed by atoms with Crippen LogP contribution in [0.15, 0.2) is 60.8 Å². The van der Waals surface area contributed by atoms with Gasteiger partial charge in [-0.15, -0.1) is 0 Å². The van der Waals surface area contributed by atoms with Gasteiger partial charge in [0, 0.05) is 12.8 Å². The van der Waals surface area contributed by atoms with E-state index in [2.05, 4.69) is 74.7 Å². The van der Waals surface area contributed by atoms with E-state index in [-0.39, 0.29) is 31.5 Å². The zero-order valence-electron chi connectivity index (χ0n) is 53.5. The van der Waals surface area contributed by atoms with Crippen molar-refractivity contribution < 1.29 is 37.3 Å². The number of phosphoric acid groups is 1. The highest BCUT2D eigenvalue weighted by Gasteiger charge is 2.27. The summed E-state index contributed by atoms with van der Waals surface area (Å²) >= 11 is 0. The highest BCUT2D eigenvalue weighted by Crippen LogP contribution is 2.38. The molecule has 0 aliphatic heterocycles. The zero-order chi connectivity index (χ0) is 58.6. The molecule has 0 aliphatic rings. The largest absolute Gasteiger partial charge is 0.756 e. The summed E-state index contributed by atoms with van der Waals surface area (Å²) < 4.78 is 30.4. The lowest BCUT2D eigenvalue weighted by Gasteiger charge is -2.30. The average Bonchev–Trinajstić information content (AvgIpc) is 3.42. The second kappa shape index (κ2) is 59.9. The fourth-order valence-electron chi connectivity index (χ4n) is 9.92. The molecule has 0 rings (SSSR count). The van der Waals surface area contributed by atoms with Gasteiger partial charge in [0.05, 0.1) is 33.8 Å². The Balaban J connectivity index is 5.07. The minimum absolute atomic E-state index is 0.0218. The maximum atomic E-state index is 13.5. The van der Waals surface area contributed by atoms with Gasteiger partial charge >= 0.3 is 5.97 Å². The summed E-state index contributed by atoms with van der Waals surface area (Å²) in [5, 5.41) is 3.04. The van der Waals surface area contributed by atoms with Crippen LogP contribution in [0.25, 0.3) is 0 Å². The molecule has 1 N–H and O–H groups in total. The van der Waals surface area contributed by atoms with E-state index in [1.54, 1.807) is 0 Å². The Kier molecular flexibility index (Phi) is 58.1. The molecule has 0 radical (unpaired) electrons. The van der Waals surface area contributed by atoms with Gasteiger partial charge < -0.3 is 28.5 Å².